The maximum atomic E-state index is 6.11. The number of halogens is 2. The van der Waals surface area contributed by atoms with Crippen LogP contribution in [0.3, 0.4) is 0 Å². The third kappa shape index (κ3) is 7.55. The van der Waals surface area contributed by atoms with Gasteiger partial charge in [0.05, 0.1) is 0 Å². The SMILES string of the molecule is CCCCCCCCCCC(CCl)c1cccc(Cl)c1. The van der Waals surface area contributed by atoms with E-state index in [0.717, 1.165) is 5.02 Å². The van der Waals surface area contributed by atoms with E-state index in [9.17, 15) is 0 Å². The van der Waals surface area contributed by atoms with E-state index in [0.29, 0.717) is 11.8 Å². The molecule has 0 N–H and O–H groups in total. The average molecular weight is 315 g/mol. The predicted octanol–water partition coefficient (Wildman–Crippen LogP) is 7.19. The molecule has 114 valence electrons. The van der Waals surface area contributed by atoms with E-state index in [4.69, 9.17) is 23.2 Å². The molecule has 2 heteroatoms. The van der Waals surface area contributed by atoms with Crippen LogP contribution in [-0.4, -0.2) is 5.88 Å². The van der Waals surface area contributed by atoms with Crippen LogP contribution in [0.25, 0.3) is 0 Å². The fourth-order valence-electron chi connectivity index (χ4n) is 2.62. The second kappa shape index (κ2) is 11.5. The van der Waals surface area contributed by atoms with Gasteiger partial charge in [-0.1, -0.05) is 82.0 Å². The van der Waals surface area contributed by atoms with Crippen LogP contribution in [0.4, 0.5) is 0 Å². The number of hydrogen-bond donors (Lipinski definition) is 0. The zero-order chi connectivity index (χ0) is 14.6. The van der Waals surface area contributed by atoms with E-state index in [1.165, 1.54) is 63.4 Å². The zero-order valence-electron chi connectivity index (χ0n) is 12.7. The molecule has 0 saturated heterocycles. The highest BCUT2D eigenvalue weighted by Crippen LogP contribution is 2.26. The Hall–Kier alpha value is -0.200. The summed E-state index contributed by atoms with van der Waals surface area (Å²) >= 11 is 12.2. The lowest BCUT2D eigenvalue weighted by Gasteiger charge is -2.14. The first-order chi connectivity index (χ1) is 9.77. The van der Waals surface area contributed by atoms with Crippen molar-refractivity contribution in [2.75, 3.05) is 5.88 Å². The highest BCUT2D eigenvalue weighted by Gasteiger charge is 2.10. The molecule has 0 aromatic heterocycles. The van der Waals surface area contributed by atoms with Gasteiger partial charge < -0.3 is 0 Å². The molecule has 0 radical (unpaired) electrons. The van der Waals surface area contributed by atoms with Gasteiger partial charge in [0.2, 0.25) is 0 Å². The van der Waals surface area contributed by atoms with Crippen molar-refractivity contribution in [3.8, 4) is 0 Å². The van der Waals surface area contributed by atoms with Crippen LogP contribution >= 0.6 is 23.2 Å². The molecule has 0 heterocycles. The van der Waals surface area contributed by atoms with E-state index >= 15 is 0 Å². The molecular formula is C18H28Cl2. The highest BCUT2D eigenvalue weighted by atomic mass is 35.5. The van der Waals surface area contributed by atoms with Crippen LogP contribution in [0.1, 0.15) is 76.2 Å². The van der Waals surface area contributed by atoms with Crippen LogP contribution in [0.2, 0.25) is 5.02 Å². The summed E-state index contributed by atoms with van der Waals surface area (Å²) in [6, 6.07) is 8.14. The second-order valence-electron chi connectivity index (χ2n) is 5.67. The third-order valence-corrected chi connectivity index (χ3v) is 4.52. The molecule has 1 aromatic carbocycles. The quantitative estimate of drug-likeness (QED) is 0.299. The molecule has 1 aromatic rings. The monoisotopic (exact) mass is 314 g/mol. The van der Waals surface area contributed by atoms with Gasteiger partial charge in [-0.05, 0) is 30.0 Å². The van der Waals surface area contributed by atoms with Gasteiger partial charge in [0, 0.05) is 10.9 Å². The largest absolute Gasteiger partial charge is 0.126 e. The molecule has 20 heavy (non-hydrogen) atoms. The molecule has 0 aliphatic rings. The molecule has 0 aliphatic carbocycles. The fourth-order valence-corrected chi connectivity index (χ4v) is 3.15. The Morgan fingerprint density at radius 3 is 2.20 bits per heavy atom. The molecule has 1 unspecified atom stereocenters. The molecule has 0 bridgehead atoms. The molecule has 0 spiro atoms. The summed E-state index contributed by atoms with van der Waals surface area (Å²) in [5, 5.41) is 0.813. The Bertz CT molecular complexity index is 349. The summed E-state index contributed by atoms with van der Waals surface area (Å²) in [7, 11) is 0. The van der Waals surface area contributed by atoms with Crippen molar-refractivity contribution < 1.29 is 0 Å². The molecule has 0 fully saturated rings. The van der Waals surface area contributed by atoms with Gasteiger partial charge in [-0.2, -0.15) is 0 Å². The normalized spacial score (nSPS) is 12.6. The summed E-state index contributed by atoms with van der Waals surface area (Å²) in [6.07, 6.45) is 12.1. The van der Waals surface area contributed by atoms with E-state index < -0.39 is 0 Å². The molecule has 1 atom stereocenters. The van der Waals surface area contributed by atoms with Gasteiger partial charge in [-0.25, -0.2) is 0 Å². The third-order valence-electron chi connectivity index (χ3n) is 3.91. The van der Waals surface area contributed by atoms with E-state index in [1.807, 2.05) is 12.1 Å². The maximum absolute atomic E-state index is 6.11. The first kappa shape index (κ1) is 17.9. The summed E-state index contributed by atoms with van der Waals surface area (Å²) in [5.41, 5.74) is 1.29. The standard InChI is InChI=1S/C18H28Cl2/c1-2-3-4-5-6-7-8-9-11-17(15-19)16-12-10-13-18(20)14-16/h10,12-14,17H,2-9,11,15H2,1H3. The van der Waals surface area contributed by atoms with Gasteiger partial charge in [0.1, 0.15) is 0 Å². The summed E-state index contributed by atoms with van der Waals surface area (Å²) < 4.78 is 0. The molecule has 0 amide bonds. The van der Waals surface area contributed by atoms with Crippen molar-refractivity contribution >= 4 is 23.2 Å². The number of benzene rings is 1. The van der Waals surface area contributed by atoms with E-state index in [2.05, 4.69) is 19.1 Å². The minimum atomic E-state index is 0.454. The van der Waals surface area contributed by atoms with Crippen LogP contribution in [0, 0.1) is 0 Å². The highest BCUT2D eigenvalue weighted by molar-refractivity contribution is 6.30. The van der Waals surface area contributed by atoms with Crippen molar-refractivity contribution in [3.63, 3.8) is 0 Å². The fraction of sp³-hybridized carbons (Fsp3) is 0.667. The van der Waals surface area contributed by atoms with Crippen molar-refractivity contribution in [1.82, 2.24) is 0 Å². The van der Waals surface area contributed by atoms with Crippen molar-refractivity contribution in [3.05, 3.63) is 34.9 Å². The topological polar surface area (TPSA) is 0 Å². The van der Waals surface area contributed by atoms with Crippen LogP contribution in [-0.2, 0) is 0 Å². The Kier molecular flexibility index (Phi) is 10.2. The van der Waals surface area contributed by atoms with Gasteiger partial charge in [0.15, 0.2) is 0 Å². The van der Waals surface area contributed by atoms with Gasteiger partial charge in [0.25, 0.3) is 0 Å². The lowest BCUT2D eigenvalue weighted by Crippen LogP contribution is -2.00. The molecule has 0 aliphatic heterocycles. The Balaban J connectivity index is 2.16. The Labute approximate surface area is 134 Å². The zero-order valence-corrected chi connectivity index (χ0v) is 14.2. The first-order valence-electron chi connectivity index (χ1n) is 8.09. The minimum absolute atomic E-state index is 0.454. The molecule has 1 rings (SSSR count). The first-order valence-corrected chi connectivity index (χ1v) is 9.00. The van der Waals surface area contributed by atoms with Gasteiger partial charge in [-0.3, -0.25) is 0 Å². The number of unbranched alkanes of at least 4 members (excludes halogenated alkanes) is 7. The molecule has 0 saturated carbocycles. The maximum Gasteiger partial charge on any atom is 0.0408 e. The molecule has 0 nitrogen and oxygen atoms in total. The minimum Gasteiger partial charge on any atom is -0.126 e. The van der Waals surface area contributed by atoms with Crippen molar-refractivity contribution in [2.24, 2.45) is 0 Å². The lowest BCUT2D eigenvalue weighted by molar-refractivity contribution is 0.545. The smallest absolute Gasteiger partial charge is 0.0408 e. The van der Waals surface area contributed by atoms with Crippen molar-refractivity contribution in [1.29, 1.82) is 0 Å². The summed E-state index contributed by atoms with van der Waals surface area (Å²) in [6.45, 7) is 2.27. The number of alkyl halides is 1. The second-order valence-corrected chi connectivity index (χ2v) is 6.41. The Morgan fingerprint density at radius 1 is 0.950 bits per heavy atom. The predicted molar refractivity (Wildman–Crippen MR) is 92.1 cm³/mol. The Morgan fingerprint density at radius 2 is 1.60 bits per heavy atom. The summed E-state index contributed by atoms with van der Waals surface area (Å²) in [4.78, 5) is 0. The number of hydrogen-bond acceptors (Lipinski definition) is 0. The van der Waals surface area contributed by atoms with E-state index in [-0.39, 0.29) is 0 Å². The molecular weight excluding hydrogens is 287 g/mol. The average Bonchev–Trinajstić information content (AvgIpc) is 2.46. The summed E-state index contributed by atoms with van der Waals surface area (Å²) in [5.74, 6) is 1.15. The van der Waals surface area contributed by atoms with Gasteiger partial charge >= 0.3 is 0 Å². The van der Waals surface area contributed by atoms with Gasteiger partial charge in [-0.15, -0.1) is 11.6 Å². The van der Waals surface area contributed by atoms with Crippen LogP contribution < -0.4 is 0 Å². The van der Waals surface area contributed by atoms with Crippen molar-refractivity contribution in [2.45, 2.75) is 70.6 Å². The van der Waals surface area contributed by atoms with Crippen LogP contribution in [0.5, 0.6) is 0 Å². The number of rotatable bonds is 11. The van der Waals surface area contributed by atoms with E-state index in [1.54, 1.807) is 0 Å². The van der Waals surface area contributed by atoms with Crippen LogP contribution in [0.15, 0.2) is 24.3 Å². The lowest BCUT2D eigenvalue weighted by atomic mass is 9.94.